The van der Waals surface area contributed by atoms with E-state index in [1.54, 1.807) is 49.4 Å². The number of nitrogens with zero attached hydrogens (tertiary/aromatic N) is 2. The van der Waals surface area contributed by atoms with E-state index in [9.17, 15) is 14.4 Å². The summed E-state index contributed by atoms with van der Waals surface area (Å²) in [5.74, 6) is -0.0444. The summed E-state index contributed by atoms with van der Waals surface area (Å²) in [6.07, 6.45) is 3.02. The fourth-order valence-corrected chi connectivity index (χ4v) is 5.50. The second-order valence-corrected chi connectivity index (χ2v) is 9.79. The van der Waals surface area contributed by atoms with Gasteiger partial charge in [0.25, 0.3) is 5.56 Å². The molecule has 0 unspecified atom stereocenters. The number of thiazole rings is 1. The van der Waals surface area contributed by atoms with Crippen LogP contribution in [-0.4, -0.2) is 41.6 Å². The van der Waals surface area contributed by atoms with Crippen molar-refractivity contribution in [3.63, 3.8) is 0 Å². The molecule has 0 aliphatic carbocycles. The van der Waals surface area contributed by atoms with Crippen LogP contribution in [0.15, 0.2) is 63.5 Å². The lowest BCUT2D eigenvalue weighted by molar-refractivity contribution is -0.140. The molecule has 3 heterocycles. The van der Waals surface area contributed by atoms with Crippen molar-refractivity contribution in [3.05, 3.63) is 84.5 Å². The Morgan fingerprint density at radius 2 is 1.92 bits per heavy atom. The van der Waals surface area contributed by atoms with Crippen LogP contribution in [0.25, 0.3) is 6.08 Å². The zero-order valence-electron chi connectivity index (χ0n) is 21.3. The summed E-state index contributed by atoms with van der Waals surface area (Å²) in [6, 6.07) is 11.4. The van der Waals surface area contributed by atoms with Gasteiger partial charge in [0.05, 0.1) is 28.5 Å². The van der Waals surface area contributed by atoms with Crippen LogP contribution in [-0.2, 0) is 14.3 Å². The number of rotatable bonds is 9. The molecule has 2 aromatic carbocycles. The first-order valence-electron chi connectivity index (χ1n) is 12.5. The third-order valence-corrected chi connectivity index (χ3v) is 7.13. The summed E-state index contributed by atoms with van der Waals surface area (Å²) in [5.41, 5.74) is 2.02. The van der Waals surface area contributed by atoms with Crippen LogP contribution in [0.5, 0.6) is 17.2 Å². The first kappa shape index (κ1) is 26.2. The number of aromatic nitrogens is 1. The van der Waals surface area contributed by atoms with Gasteiger partial charge in [-0.3, -0.25) is 9.36 Å². The van der Waals surface area contributed by atoms with E-state index in [2.05, 4.69) is 0 Å². The lowest BCUT2D eigenvalue weighted by Gasteiger charge is -2.25. The molecule has 0 spiro atoms. The molecule has 39 heavy (non-hydrogen) atoms. The molecular formula is C28H26N2O8S. The second kappa shape index (κ2) is 11.2. The van der Waals surface area contributed by atoms with Crippen molar-refractivity contribution in [2.24, 2.45) is 4.99 Å². The standard InChI is InChI=1S/C28H26N2O8S/c1-3-5-19-24(27(34)35-4-2)25(17-8-11-20-21(13-17)38-15-37-20)30-26(33)22(39-28(30)29-19)12-16-6-9-18(10-7-16)36-14-23(31)32/h6-13,25H,3-5,14-15H2,1-2H3,(H,31,32)/b22-12-/t25-/m1/s1. The van der Waals surface area contributed by atoms with Crippen molar-refractivity contribution in [2.45, 2.75) is 32.7 Å². The van der Waals surface area contributed by atoms with Crippen LogP contribution in [0.3, 0.4) is 0 Å². The van der Waals surface area contributed by atoms with Gasteiger partial charge in [0.15, 0.2) is 22.9 Å². The number of carbonyl (C=O) groups excluding carboxylic acids is 1. The molecule has 0 bridgehead atoms. The predicted molar refractivity (Wildman–Crippen MR) is 142 cm³/mol. The molecule has 1 atom stereocenters. The van der Waals surface area contributed by atoms with E-state index in [1.165, 1.54) is 15.9 Å². The normalized spacial score (nSPS) is 16.1. The molecule has 0 saturated carbocycles. The number of carboxylic acids is 1. The zero-order chi connectivity index (χ0) is 27.5. The molecule has 1 N–H and O–H groups in total. The predicted octanol–water partition coefficient (Wildman–Crippen LogP) is 2.77. The average Bonchev–Trinajstić information content (AvgIpc) is 3.51. The molecule has 0 saturated heterocycles. The van der Waals surface area contributed by atoms with Gasteiger partial charge in [-0.1, -0.05) is 42.9 Å². The molecule has 2 aliphatic heterocycles. The van der Waals surface area contributed by atoms with Gasteiger partial charge in [0.1, 0.15) is 5.75 Å². The van der Waals surface area contributed by atoms with E-state index in [-0.39, 0.29) is 19.0 Å². The van der Waals surface area contributed by atoms with Gasteiger partial charge in [-0.05, 0) is 54.8 Å². The minimum atomic E-state index is -1.07. The Kier molecular flexibility index (Phi) is 7.51. The quantitative estimate of drug-likeness (QED) is 0.403. The monoisotopic (exact) mass is 550 g/mol. The van der Waals surface area contributed by atoms with Gasteiger partial charge in [0.2, 0.25) is 6.79 Å². The number of esters is 1. The summed E-state index contributed by atoms with van der Waals surface area (Å²) in [7, 11) is 0. The highest BCUT2D eigenvalue weighted by molar-refractivity contribution is 7.07. The minimum absolute atomic E-state index is 0.101. The number of carbonyl (C=O) groups is 2. The number of aliphatic carboxylic acids is 1. The van der Waals surface area contributed by atoms with Crippen LogP contribution in [0, 0.1) is 0 Å². The number of ether oxygens (including phenoxy) is 4. The van der Waals surface area contributed by atoms with Gasteiger partial charge in [0, 0.05) is 0 Å². The summed E-state index contributed by atoms with van der Waals surface area (Å²) in [4.78, 5) is 43.1. The van der Waals surface area contributed by atoms with Gasteiger partial charge >= 0.3 is 11.9 Å². The van der Waals surface area contributed by atoms with E-state index in [1.807, 2.05) is 13.0 Å². The molecule has 202 valence electrons. The fraction of sp³-hybridized carbons (Fsp3) is 0.286. The van der Waals surface area contributed by atoms with E-state index >= 15 is 0 Å². The van der Waals surface area contributed by atoms with Crippen molar-refractivity contribution < 1.29 is 33.6 Å². The van der Waals surface area contributed by atoms with Crippen LogP contribution in [0.4, 0.5) is 0 Å². The molecule has 2 aliphatic rings. The maximum Gasteiger partial charge on any atom is 0.341 e. The molecule has 0 radical (unpaired) electrons. The summed E-state index contributed by atoms with van der Waals surface area (Å²) in [6.45, 7) is 3.58. The van der Waals surface area contributed by atoms with E-state index in [0.717, 1.165) is 12.0 Å². The van der Waals surface area contributed by atoms with Crippen LogP contribution < -0.4 is 29.1 Å². The maximum atomic E-state index is 13.8. The van der Waals surface area contributed by atoms with Crippen molar-refractivity contribution >= 4 is 29.4 Å². The van der Waals surface area contributed by atoms with Gasteiger partial charge in [-0.2, -0.15) is 0 Å². The molecule has 5 rings (SSSR count). The Morgan fingerprint density at radius 1 is 1.15 bits per heavy atom. The number of hydrogen-bond acceptors (Lipinski definition) is 9. The maximum absolute atomic E-state index is 13.8. The summed E-state index contributed by atoms with van der Waals surface area (Å²) >= 11 is 1.23. The number of carboxylic acid groups (broad SMARTS) is 1. The SMILES string of the molecule is CCCC1=C(C(=O)OCC)[C@@H](c2ccc3c(c2)OCO3)n2c(s/c(=C\c3ccc(OCC(=O)O)cc3)c2=O)=N1. The number of benzene rings is 2. The van der Waals surface area contributed by atoms with Crippen LogP contribution >= 0.6 is 11.3 Å². The average molecular weight is 551 g/mol. The van der Waals surface area contributed by atoms with Crippen molar-refractivity contribution in [1.82, 2.24) is 4.57 Å². The van der Waals surface area contributed by atoms with Crippen molar-refractivity contribution in [3.8, 4) is 17.2 Å². The Morgan fingerprint density at radius 3 is 2.64 bits per heavy atom. The van der Waals surface area contributed by atoms with Crippen LogP contribution in [0.1, 0.15) is 43.9 Å². The second-order valence-electron chi connectivity index (χ2n) is 8.78. The third kappa shape index (κ3) is 5.30. The largest absolute Gasteiger partial charge is 0.482 e. The lowest BCUT2D eigenvalue weighted by atomic mass is 9.94. The number of fused-ring (bicyclic) bond motifs is 2. The Hall–Kier alpha value is -4.38. The molecule has 10 nitrogen and oxygen atoms in total. The lowest BCUT2D eigenvalue weighted by Crippen LogP contribution is -2.40. The first-order chi connectivity index (χ1) is 18.9. The Labute approximate surface area is 227 Å². The van der Waals surface area contributed by atoms with E-state index in [0.29, 0.717) is 49.8 Å². The van der Waals surface area contributed by atoms with E-state index < -0.39 is 24.6 Å². The van der Waals surface area contributed by atoms with Crippen molar-refractivity contribution in [1.29, 1.82) is 0 Å². The van der Waals surface area contributed by atoms with Gasteiger partial charge in [-0.15, -0.1) is 0 Å². The zero-order valence-corrected chi connectivity index (χ0v) is 22.2. The minimum Gasteiger partial charge on any atom is -0.482 e. The smallest absolute Gasteiger partial charge is 0.341 e. The summed E-state index contributed by atoms with van der Waals surface area (Å²) < 4.78 is 23.6. The first-order valence-corrected chi connectivity index (χ1v) is 13.3. The number of allylic oxidation sites excluding steroid dienone is 1. The third-order valence-electron chi connectivity index (χ3n) is 6.14. The Bertz CT molecular complexity index is 1640. The topological polar surface area (TPSA) is 126 Å². The molecule has 1 aromatic heterocycles. The molecule has 0 amide bonds. The highest BCUT2D eigenvalue weighted by Crippen LogP contribution is 2.38. The van der Waals surface area contributed by atoms with E-state index in [4.69, 9.17) is 29.0 Å². The van der Waals surface area contributed by atoms with Crippen LogP contribution in [0.2, 0.25) is 0 Å². The highest BCUT2D eigenvalue weighted by Gasteiger charge is 2.35. The molecule has 0 fully saturated rings. The number of hydrogen-bond donors (Lipinski definition) is 1. The molecule has 3 aromatic rings. The highest BCUT2D eigenvalue weighted by atomic mass is 32.1. The Balaban J connectivity index is 1.64. The van der Waals surface area contributed by atoms with Gasteiger partial charge in [-0.25, -0.2) is 14.6 Å². The molecule has 11 heteroatoms. The van der Waals surface area contributed by atoms with Crippen molar-refractivity contribution in [2.75, 3.05) is 20.0 Å². The summed E-state index contributed by atoms with van der Waals surface area (Å²) in [5, 5.41) is 8.80. The van der Waals surface area contributed by atoms with Gasteiger partial charge < -0.3 is 24.1 Å². The fourth-order valence-electron chi connectivity index (χ4n) is 4.48. The molecular weight excluding hydrogens is 524 g/mol.